The van der Waals surface area contributed by atoms with Crippen LogP contribution in [0, 0.1) is 5.92 Å². The lowest BCUT2D eigenvalue weighted by molar-refractivity contribution is 0.236. The van der Waals surface area contributed by atoms with Gasteiger partial charge in [0.1, 0.15) is 12.4 Å². The fraction of sp³-hybridized carbons (Fsp3) is 0.238. The molecule has 1 unspecified atom stereocenters. The fourth-order valence-corrected chi connectivity index (χ4v) is 4.30. The van der Waals surface area contributed by atoms with Crippen molar-refractivity contribution in [2.45, 2.75) is 4.90 Å². The zero-order valence-electron chi connectivity index (χ0n) is 14.7. The lowest BCUT2D eigenvalue weighted by Gasteiger charge is -2.15. The molecular weight excluding hydrogens is 382 g/mol. The first-order chi connectivity index (χ1) is 13.0. The Morgan fingerprint density at radius 1 is 1.04 bits per heavy atom. The molecule has 27 heavy (non-hydrogen) atoms. The molecule has 1 aliphatic heterocycles. The first-order valence-corrected chi connectivity index (χ1v) is 11.2. The second-order valence-corrected chi connectivity index (χ2v) is 9.37. The van der Waals surface area contributed by atoms with Gasteiger partial charge in [0.05, 0.1) is 4.90 Å². The highest BCUT2D eigenvalue weighted by molar-refractivity contribution is 8.13. The number of halogens is 1. The van der Waals surface area contributed by atoms with Crippen molar-refractivity contribution >= 4 is 19.7 Å². The van der Waals surface area contributed by atoms with Gasteiger partial charge in [-0.2, -0.15) is 0 Å². The second-order valence-electron chi connectivity index (χ2n) is 6.80. The van der Waals surface area contributed by atoms with Crippen LogP contribution in [0.5, 0.6) is 5.75 Å². The van der Waals surface area contributed by atoms with Gasteiger partial charge in [0.15, 0.2) is 0 Å². The molecule has 1 atom stereocenters. The van der Waals surface area contributed by atoms with E-state index in [1.807, 2.05) is 24.3 Å². The first-order valence-electron chi connectivity index (χ1n) is 8.87. The van der Waals surface area contributed by atoms with Gasteiger partial charge in [-0.3, -0.25) is 4.90 Å². The van der Waals surface area contributed by atoms with Crippen molar-refractivity contribution < 1.29 is 13.2 Å². The van der Waals surface area contributed by atoms with Gasteiger partial charge in [-0.1, -0.05) is 42.5 Å². The molecular formula is C21H20ClNO3S. The van der Waals surface area contributed by atoms with Crippen molar-refractivity contribution in [3.05, 3.63) is 72.3 Å². The van der Waals surface area contributed by atoms with Crippen molar-refractivity contribution in [2.24, 2.45) is 5.92 Å². The lowest BCUT2D eigenvalue weighted by atomic mass is 10.1. The Hall–Kier alpha value is -2.08. The summed E-state index contributed by atoms with van der Waals surface area (Å²) in [5.74, 6) is 1.43. The number of hydrogen-bond donors (Lipinski definition) is 0. The lowest BCUT2D eigenvalue weighted by Crippen LogP contribution is -2.26. The topological polar surface area (TPSA) is 46.6 Å². The van der Waals surface area contributed by atoms with Gasteiger partial charge in [-0.15, -0.1) is 0 Å². The standard InChI is InChI=1S/C21H20ClNO3S/c22-27(24,25)21-10-6-17(7-11-21)16-4-8-20(9-5-16)26-13-12-23-14-18-2-1-3-19(18)15-23/h1-11,18H,12-15H2. The number of benzene rings is 2. The van der Waals surface area contributed by atoms with Crippen LogP contribution in [-0.4, -0.2) is 39.6 Å². The maximum absolute atomic E-state index is 11.3. The Labute approximate surface area is 164 Å². The molecule has 4 nitrogen and oxygen atoms in total. The highest BCUT2D eigenvalue weighted by atomic mass is 35.7. The van der Waals surface area contributed by atoms with Crippen molar-refractivity contribution in [3.63, 3.8) is 0 Å². The van der Waals surface area contributed by atoms with Gasteiger partial charge in [-0.05, 0) is 41.0 Å². The van der Waals surface area contributed by atoms with Crippen molar-refractivity contribution in [1.29, 1.82) is 0 Å². The van der Waals surface area contributed by atoms with E-state index in [0.717, 1.165) is 36.5 Å². The van der Waals surface area contributed by atoms with E-state index in [1.54, 1.807) is 12.1 Å². The van der Waals surface area contributed by atoms with Crippen LogP contribution in [0.1, 0.15) is 0 Å². The molecule has 0 spiro atoms. The third-order valence-corrected chi connectivity index (χ3v) is 6.36. The minimum absolute atomic E-state index is 0.102. The molecule has 0 N–H and O–H groups in total. The third-order valence-electron chi connectivity index (χ3n) is 4.99. The molecule has 4 rings (SSSR count). The maximum Gasteiger partial charge on any atom is 0.261 e. The summed E-state index contributed by atoms with van der Waals surface area (Å²) in [7, 11) is 1.66. The molecule has 0 radical (unpaired) electrons. The molecule has 1 heterocycles. The van der Waals surface area contributed by atoms with E-state index in [4.69, 9.17) is 15.4 Å². The summed E-state index contributed by atoms with van der Waals surface area (Å²) < 4.78 is 28.5. The van der Waals surface area contributed by atoms with Gasteiger partial charge < -0.3 is 4.74 Å². The summed E-state index contributed by atoms with van der Waals surface area (Å²) in [6.07, 6.45) is 6.64. The summed E-state index contributed by atoms with van der Waals surface area (Å²) in [5, 5.41) is 0. The number of fused-ring (bicyclic) bond motifs is 1. The van der Waals surface area contributed by atoms with Crippen LogP contribution >= 0.6 is 10.7 Å². The number of likely N-dealkylation sites (tertiary alicyclic amines) is 1. The number of allylic oxidation sites excluding steroid dienone is 2. The van der Waals surface area contributed by atoms with Gasteiger partial charge in [0.25, 0.3) is 9.05 Å². The monoisotopic (exact) mass is 401 g/mol. The number of nitrogens with zero attached hydrogens (tertiary/aromatic N) is 1. The predicted molar refractivity (Wildman–Crippen MR) is 108 cm³/mol. The van der Waals surface area contributed by atoms with E-state index in [1.165, 1.54) is 17.7 Å². The smallest absolute Gasteiger partial charge is 0.261 e. The van der Waals surface area contributed by atoms with E-state index in [9.17, 15) is 8.42 Å². The molecule has 0 aromatic heterocycles. The van der Waals surface area contributed by atoms with Crippen molar-refractivity contribution in [1.82, 2.24) is 4.90 Å². The normalized spacial score (nSPS) is 19.1. The minimum Gasteiger partial charge on any atom is -0.492 e. The second kappa shape index (κ2) is 7.50. The number of rotatable bonds is 6. The summed E-state index contributed by atoms with van der Waals surface area (Å²) in [5.41, 5.74) is 3.43. The average Bonchev–Trinajstić information content (AvgIpc) is 3.23. The Morgan fingerprint density at radius 3 is 2.33 bits per heavy atom. The van der Waals surface area contributed by atoms with E-state index in [0.29, 0.717) is 12.5 Å². The summed E-state index contributed by atoms with van der Waals surface area (Å²) >= 11 is 0. The van der Waals surface area contributed by atoms with Crippen LogP contribution < -0.4 is 4.74 Å². The molecule has 2 aromatic carbocycles. The van der Waals surface area contributed by atoms with E-state index in [2.05, 4.69) is 23.1 Å². The van der Waals surface area contributed by atoms with Gasteiger partial charge >= 0.3 is 0 Å². The van der Waals surface area contributed by atoms with Crippen LogP contribution in [-0.2, 0) is 9.05 Å². The molecule has 0 amide bonds. The molecule has 2 aliphatic rings. The SMILES string of the molecule is O=S(=O)(Cl)c1ccc(-c2ccc(OCCN3CC4=CC=CC4C3)cc2)cc1. The fourth-order valence-electron chi connectivity index (χ4n) is 3.53. The van der Waals surface area contributed by atoms with Crippen LogP contribution in [0.15, 0.2) is 77.2 Å². The molecule has 140 valence electrons. The third kappa shape index (κ3) is 4.26. The Morgan fingerprint density at radius 2 is 1.70 bits per heavy atom. The molecule has 0 saturated carbocycles. The average molecular weight is 402 g/mol. The Kier molecular flexibility index (Phi) is 5.08. The molecule has 6 heteroatoms. The van der Waals surface area contributed by atoms with E-state index < -0.39 is 9.05 Å². The van der Waals surface area contributed by atoms with Gasteiger partial charge in [0.2, 0.25) is 0 Å². The Bertz CT molecular complexity index is 979. The minimum atomic E-state index is -3.69. The zero-order valence-corrected chi connectivity index (χ0v) is 16.3. The largest absolute Gasteiger partial charge is 0.492 e. The zero-order chi connectivity index (χ0) is 18.9. The van der Waals surface area contributed by atoms with Crippen LogP contribution in [0.4, 0.5) is 0 Å². The van der Waals surface area contributed by atoms with Crippen LogP contribution in [0.2, 0.25) is 0 Å². The maximum atomic E-state index is 11.3. The number of hydrogen-bond acceptors (Lipinski definition) is 4. The van der Waals surface area contributed by atoms with Crippen molar-refractivity contribution in [3.8, 4) is 16.9 Å². The predicted octanol–water partition coefficient (Wildman–Crippen LogP) is 4.09. The Balaban J connectivity index is 1.31. The number of ether oxygens (including phenoxy) is 1. The summed E-state index contributed by atoms with van der Waals surface area (Å²) in [4.78, 5) is 2.52. The summed E-state index contributed by atoms with van der Waals surface area (Å²) in [6.45, 7) is 3.69. The molecule has 1 fully saturated rings. The first kappa shape index (κ1) is 18.3. The highest BCUT2D eigenvalue weighted by Crippen LogP contribution is 2.28. The molecule has 1 aliphatic carbocycles. The van der Waals surface area contributed by atoms with Gasteiger partial charge in [0, 0.05) is 36.2 Å². The van der Waals surface area contributed by atoms with Crippen LogP contribution in [0.25, 0.3) is 11.1 Å². The van der Waals surface area contributed by atoms with Crippen molar-refractivity contribution in [2.75, 3.05) is 26.2 Å². The molecule has 2 aromatic rings. The summed E-state index contributed by atoms with van der Waals surface area (Å²) in [6, 6.07) is 14.3. The molecule has 0 bridgehead atoms. The van der Waals surface area contributed by atoms with E-state index >= 15 is 0 Å². The quantitative estimate of drug-likeness (QED) is 0.684. The molecule has 1 saturated heterocycles. The van der Waals surface area contributed by atoms with Gasteiger partial charge in [-0.25, -0.2) is 8.42 Å². The van der Waals surface area contributed by atoms with E-state index in [-0.39, 0.29) is 4.90 Å². The van der Waals surface area contributed by atoms with Crippen LogP contribution in [0.3, 0.4) is 0 Å². The highest BCUT2D eigenvalue weighted by Gasteiger charge is 2.26.